The Bertz CT molecular complexity index is 771. The highest BCUT2D eigenvalue weighted by molar-refractivity contribution is 5.87. The van der Waals surface area contributed by atoms with Gasteiger partial charge in [0.2, 0.25) is 5.96 Å². The molecule has 1 N–H and O–H groups in total. The van der Waals surface area contributed by atoms with Crippen molar-refractivity contribution in [3.8, 4) is 0 Å². The summed E-state index contributed by atoms with van der Waals surface area (Å²) in [6.45, 7) is 3.46. The van der Waals surface area contributed by atoms with E-state index in [1.54, 1.807) is 24.9 Å². The maximum absolute atomic E-state index is 13.2. The lowest BCUT2D eigenvalue weighted by atomic mass is 9.77. The summed E-state index contributed by atoms with van der Waals surface area (Å²) < 4.78 is 79.5. The number of hydrogen-bond acceptors (Lipinski definition) is 3. The van der Waals surface area contributed by atoms with Crippen molar-refractivity contribution in [3.63, 3.8) is 0 Å². The number of benzene rings is 1. The smallest absolute Gasteiger partial charge is 0.331 e. The average molecular weight is 375 g/mol. The zero-order chi connectivity index (χ0) is 19.3. The Balaban J connectivity index is 2.28. The molecule has 0 bridgehead atoms. The molecule has 0 amide bonds. The van der Waals surface area contributed by atoms with Crippen molar-refractivity contribution < 1.29 is 26.3 Å². The van der Waals surface area contributed by atoms with E-state index in [4.69, 9.17) is 0 Å². The Labute approximate surface area is 145 Å². The van der Waals surface area contributed by atoms with Gasteiger partial charge in [0.05, 0.1) is 16.7 Å². The minimum absolute atomic E-state index is 0.105. The van der Waals surface area contributed by atoms with Crippen LogP contribution < -0.4 is 5.32 Å². The van der Waals surface area contributed by atoms with Gasteiger partial charge in [-0.1, -0.05) is 13.8 Å². The summed E-state index contributed by atoms with van der Waals surface area (Å²) in [5.41, 5.74) is -4.02. The number of aliphatic imine (C=N–C) groups is 1. The Kier molecular flexibility index (Phi) is 4.08. The van der Waals surface area contributed by atoms with Crippen molar-refractivity contribution >= 4 is 5.96 Å². The molecule has 1 aromatic rings. The number of rotatable bonds is 2. The van der Waals surface area contributed by atoms with Crippen molar-refractivity contribution in [2.75, 3.05) is 0 Å². The third kappa shape index (κ3) is 2.85. The summed E-state index contributed by atoms with van der Waals surface area (Å²) in [4.78, 5) is 5.63. The second kappa shape index (κ2) is 5.78. The Morgan fingerprint density at radius 2 is 1.58 bits per heavy atom. The van der Waals surface area contributed by atoms with E-state index in [9.17, 15) is 26.3 Å². The standard InChI is InChI=1S/C17H15F6N3/c1-10(2)15(3-4-24-14-25-5-6-26(14)15)11-7-12(16(18,19)20)9-13(8-11)17(21,22)23/h3-10H,1-2H3,(H,24,25). The number of alkyl halides is 6. The maximum Gasteiger partial charge on any atom is 0.416 e. The fraction of sp³-hybridized carbons (Fsp3) is 0.353. The summed E-state index contributed by atoms with van der Waals surface area (Å²) in [7, 11) is 0. The van der Waals surface area contributed by atoms with E-state index in [0.29, 0.717) is 5.96 Å². The van der Waals surface area contributed by atoms with E-state index in [1.165, 1.54) is 18.5 Å². The van der Waals surface area contributed by atoms with Crippen molar-refractivity contribution in [3.05, 3.63) is 59.6 Å². The van der Waals surface area contributed by atoms with Crippen LogP contribution in [0.2, 0.25) is 0 Å². The van der Waals surface area contributed by atoms with Gasteiger partial charge in [-0.2, -0.15) is 26.3 Å². The summed E-state index contributed by atoms with van der Waals surface area (Å²) in [6, 6.07) is 1.68. The largest absolute Gasteiger partial charge is 0.416 e. The van der Waals surface area contributed by atoms with Crippen LogP contribution in [-0.4, -0.2) is 10.9 Å². The first-order valence-electron chi connectivity index (χ1n) is 7.74. The van der Waals surface area contributed by atoms with Crippen LogP contribution in [0.25, 0.3) is 0 Å². The van der Waals surface area contributed by atoms with E-state index in [2.05, 4.69) is 10.3 Å². The molecular weight excluding hydrogens is 360 g/mol. The van der Waals surface area contributed by atoms with E-state index in [0.717, 1.165) is 12.1 Å². The monoisotopic (exact) mass is 375 g/mol. The molecule has 140 valence electrons. The molecule has 0 spiro atoms. The van der Waals surface area contributed by atoms with Crippen LogP contribution in [-0.2, 0) is 17.9 Å². The number of halogens is 6. The summed E-state index contributed by atoms with van der Waals surface area (Å²) in [6.07, 6.45) is -3.81. The number of hydrogen-bond donors (Lipinski definition) is 1. The third-order valence-corrected chi connectivity index (χ3v) is 4.52. The lowest BCUT2D eigenvalue weighted by molar-refractivity contribution is -0.143. The molecule has 2 aliphatic rings. The van der Waals surface area contributed by atoms with Crippen molar-refractivity contribution in [2.24, 2.45) is 10.9 Å². The lowest BCUT2D eigenvalue weighted by Gasteiger charge is -2.44. The van der Waals surface area contributed by atoms with E-state index >= 15 is 0 Å². The van der Waals surface area contributed by atoms with Gasteiger partial charge in [-0.15, -0.1) is 0 Å². The normalized spacial score (nSPS) is 22.5. The fourth-order valence-electron chi connectivity index (χ4n) is 3.25. The van der Waals surface area contributed by atoms with Gasteiger partial charge in [0, 0.05) is 18.6 Å². The quantitative estimate of drug-likeness (QED) is 0.750. The molecule has 3 nitrogen and oxygen atoms in total. The van der Waals surface area contributed by atoms with Gasteiger partial charge in [-0.25, -0.2) is 4.99 Å². The second-order valence-electron chi connectivity index (χ2n) is 6.37. The molecule has 0 fully saturated rings. The minimum atomic E-state index is -4.90. The van der Waals surface area contributed by atoms with Crippen LogP contribution in [0.1, 0.15) is 30.5 Å². The molecule has 2 heterocycles. The molecule has 1 unspecified atom stereocenters. The number of guanidine groups is 1. The van der Waals surface area contributed by atoms with Gasteiger partial charge in [0.1, 0.15) is 0 Å². The van der Waals surface area contributed by atoms with Crippen LogP contribution in [0.5, 0.6) is 0 Å². The topological polar surface area (TPSA) is 27.6 Å². The highest BCUT2D eigenvalue weighted by Crippen LogP contribution is 2.45. The van der Waals surface area contributed by atoms with Gasteiger partial charge in [-0.3, -0.25) is 0 Å². The summed E-state index contributed by atoms with van der Waals surface area (Å²) in [5, 5.41) is 2.83. The SMILES string of the molecule is CC(C)C1(c2cc(C(F)(F)F)cc(C(F)(F)F)c2)C=CN=C2NC=CN21. The van der Waals surface area contributed by atoms with E-state index in [-0.39, 0.29) is 17.5 Å². The van der Waals surface area contributed by atoms with E-state index < -0.39 is 29.0 Å². The fourth-order valence-corrected chi connectivity index (χ4v) is 3.25. The lowest BCUT2D eigenvalue weighted by Crippen LogP contribution is -2.51. The predicted molar refractivity (Wildman–Crippen MR) is 83.7 cm³/mol. The van der Waals surface area contributed by atoms with Crippen molar-refractivity contribution in [2.45, 2.75) is 31.7 Å². The van der Waals surface area contributed by atoms with Crippen molar-refractivity contribution in [1.29, 1.82) is 0 Å². The molecule has 0 aromatic heterocycles. The third-order valence-electron chi connectivity index (χ3n) is 4.52. The van der Waals surface area contributed by atoms with Gasteiger partial charge in [-0.05, 0) is 35.8 Å². The Morgan fingerprint density at radius 1 is 1.00 bits per heavy atom. The molecule has 0 saturated carbocycles. The van der Waals surface area contributed by atoms with Crippen LogP contribution in [0.15, 0.2) is 47.9 Å². The van der Waals surface area contributed by atoms with Crippen molar-refractivity contribution in [1.82, 2.24) is 10.2 Å². The van der Waals surface area contributed by atoms with Gasteiger partial charge < -0.3 is 10.2 Å². The van der Waals surface area contributed by atoms with Crippen LogP contribution >= 0.6 is 0 Å². The molecule has 0 saturated heterocycles. The zero-order valence-corrected chi connectivity index (χ0v) is 13.8. The number of nitrogens with zero attached hydrogens (tertiary/aromatic N) is 2. The predicted octanol–water partition coefficient (Wildman–Crippen LogP) is 4.84. The maximum atomic E-state index is 13.2. The van der Waals surface area contributed by atoms with Gasteiger partial charge in [0.15, 0.2) is 0 Å². The van der Waals surface area contributed by atoms with Crippen LogP contribution in [0.3, 0.4) is 0 Å². The van der Waals surface area contributed by atoms with Gasteiger partial charge in [0.25, 0.3) is 0 Å². The number of fused-ring (bicyclic) bond motifs is 1. The molecule has 1 aromatic carbocycles. The highest BCUT2D eigenvalue weighted by Gasteiger charge is 2.46. The molecule has 26 heavy (non-hydrogen) atoms. The first kappa shape index (κ1) is 18.3. The molecule has 3 rings (SSSR count). The molecule has 0 radical (unpaired) electrons. The second-order valence-corrected chi connectivity index (χ2v) is 6.37. The van der Waals surface area contributed by atoms with E-state index in [1.807, 2.05) is 0 Å². The number of nitrogens with one attached hydrogen (secondary N) is 1. The van der Waals surface area contributed by atoms with Crippen LogP contribution in [0, 0.1) is 5.92 Å². The summed E-state index contributed by atoms with van der Waals surface area (Å²) in [5.74, 6) is -0.00876. The molecule has 1 atom stereocenters. The zero-order valence-electron chi connectivity index (χ0n) is 13.8. The first-order chi connectivity index (χ1) is 12.0. The first-order valence-corrected chi connectivity index (χ1v) is 7.74. The summed E-state index contributed by atoms with van der Waals surface area (Å²) >= 11 is 0. The highest BCUT2D eigenvalue weighted by atomic mass is 19.4. The average Bonchev–Trinajstić information content (AvgIpc) is 3.01. The van der Waals surface area contributed by atoms with Crippen LogP contribution in [0.4, 0.5) is 26.3 Å². The minimum Gasteiger partial charge on any atom is -0.331 e. The Morgan fingerprint density at radius 3 is 2.08 bits per heavy atom. The molecular formula is C17H15F6N3. The molecule has 2 aliphatic heterocycles. The molecule has 0 aliphatic carbocycles. The Hall–Kier alpha value is -2.45. The molecule has 9 heteroatoms. The van der Waals surface area contributed by atoms with Gasteiger partial charge >= 0.3 is 12.4 Å².